The van der Waals surface area contributed by atoms with E-state index in [1.807, 2.05) is 60.8 Å². The quantitative estimate of drug-likeness (QED) is 0.0410. The fourth-order valence-corrected chi connectivity index (χ4v) is 6.57. The number of aliphatic hydroxyl groups excluding tert-OH is 1. The zero-order chi connectivity index (χ0) is 42.5. The molecule has 4 heteroatoms. The van der Waals surface area contributed by atoms with Crippen LogP contribution in [0.3, 0.4) is 0 Å². The number of hydrogen-bond donors (Lipinski definition) is 1. The molecule has 0 unspecified atom stereocenters. The van der Waals surface area contributed by atoms with Gasteiger partial charge in [0.25, 0.3) is 0 Å². The number of aliphatic hydroxyl groups is 1. The summed E-state index contributed by atoms with van der Waals surface area (Å²) in [6.45, 7) is 12.7. The average molecular weight is 790 g/mol. The summed E-state index contributed by atoms with van der Waals surface area (Å²) in [4.78, 5) is 35.2. The van der Waals surface area contributed by atoms with Crippen LogP contribution in [0.2, 0.25) is 0 Å². The van der Waals surface area contributed by atoms with Gasteiger partial charge >= 0.3 is 5.78 Å². The molecule has 0 aromatic heterocycles. The van der Waals surface area contributed by atoms with Crippen LogP contribution in [0.15, 0.2) is 139 Å². The standard InChI is InChI=1S/C20H30O2.C18H25O.C16H22O/c1-2-3-4-5-8-11-14-19-18(15-16-20(19)22)13-10-7-6-9-12-17-21;1-3-5-7-8-9-11-13-17-16(12-10-6-4-2)14-15-18(17)19;1-3-5-6-7-8-9-11-15-14(10-4-2)12-13-16(15)17/h7-8,10-11,14-16,18,21H,2-6,9,12-13,17H2,1H3;6,9-11,13-14,16H,3-5,7-8,12H2,1-2H3;4,8-9,11-14H,2-3,5-7,10H2,1H3/q;+1;/b10-7-,11-8+,19-14+;10-6-,11-9+,17-13+;9-8+,15-11+/t18-;16-;14-/m000/s1. The number of allylic oxidation sites excluding steroid dienone is 23. The summed E-state index contributed by atoms with van der Waals surface area (Å²) >= 11 is 0. The number of carbonyl (C=O) groups excluding carboxylic acids is 3. The Morgan fingerprint density at radius 1 is 0.552 bits per heavy atom. The molecule has 0 bridgehead atoms. The highest BCUT2D eigenvalue weighted by Gasteiger charge is 2.34. The molecule has 1 N–H and O–H groups in total. The van der Waals surface area contributed by atoms with Crippen molar-refractivity contribution in [3.05, 3.63) is 145 Å². The van der Waals surface area contributed by atoms with E-state index in [0.29, 0.717) is 0 Å². The van der Waals surface area contributed by atoms with E-state index in [-0.39, 0.29) is 41.7 Å². The first-order chi connectivity index (χ1) is 28.4. The van der Waals surface area contributed by atoms with Crippen LogP contribution in [0.5, 0.6) is 0 Å². The van der Waals surface area contributed by atoms with Gasteiger partial charge in [0.05, 0.1) is 6.08 Å². The minimum Gasteiger partial charge on any atom is -0.396 e. The molecule has 0 amide bonds. The van der Waals surface area contributed by atoms with Gasteiger partial charge in [-0.15, -0.1) is 6.58 Å². The van der Waals surface area contributed by atoms with Crippen molar-refractivity contribution in [3.63, 3.8) is 0 Å². The van der Waals surface area contributed by atoms with Gasteiger partial charge in [-0.3, -0.25) is 9.59 Å². The molecular weight excluding hydrogens is 713 g/mol. The summed E-state index contributed by atoms with van der Waals surface area (Å²) < 4.78 is 0. The second kappa shape index (κ2) is 35.9. The highest BCUT2D eigenvalue weighted by atomic mass is 16.3. The Bertz CT molecular complexity index is 1510. The molecule has 0 saturated carbocycles. The van der Waals surface area contributed by atoms with Gasteiger partial charge in [-0.1, -0.05) is 151 Å². The molecule has 58 heavy (non-hydrogen) atoms. The molecule has 0 radical (unpaired) electrons. The molecule has 0 heterocycles. The van der Waals surface area contributed by atoms with Gasteiger partial charge < -0.3 is 5.11 Å². The fraction of sp³-hybridized carbons (Fsp3) is 0.500. The molecule has 0 aromatic rings. The lowest BCUT2D eigenvalue weighted by molar-refractivity contribution is -0.112. The molecule has 0 spiro atoms. The molecular formula is C54H77O4+. The van der Waals surface area contributed by atoms with E-state index < -0.39 is 0 Å². The van der Waals surface area contributed by atoms with E-state index in [9.17, 15) is 14.4 Å². The number of rotatable bonds is 26. The maximum atomic E-state index is 11.9. The third-order valence-corrected chi connectivity index (χ3v) is 10.1. The lowest BCUT2D eigenvalue weighted by Crippen LogP contribution is -2.01. The first kappa shape index (κ1) is 51.8. The van der Waals surface area contributed by atoms with E-state index in [1.54, 1.807) is 12.2 Å². The summed E-state index contributed by atoms with van der Waals surface area (Å²) in [6, 6.07) is 0. The summed E-state index contributed by atoms with van der Waals surface area (Å²) in [7, 11) is 0. The van der Waals surface area contributed by atoms with Crippen LogP contribution in [-0.2, 0) is 14.4 Å². The maximum Gasteiger partial charge on any atom is 0.397 e. The minimum absolute atomic E-state index is 0.0492. The highest BCUT2D eigenvalue weighted by Crippen LogP contribution is 2.27. The lowest BCUT2D eigenvalue weighted by Gasteiger charge is -2.06. The topological polar surface area (TPSA) is 71.4 Å². The van der Waals surface area contributed by atoms with E-state index in [1.165, 1.54) is 57.8 Å². The molecule has 3 rings (SSSR count). The van der Waals surface area contributed by atoms with Gasteiger partial charge in [0.15, 0.2) is 11.6 Å². The second-order valence-corrected chi connectivity index (χ2v) is 15.1. The van der Waals surface area contributed by atoms with E-state index in [0.717, 1.165) is 80.9 Å². The lowest BCUT2D eigenvalue weighted by atomic mass is 9.97. The molecule has 4 nitrogen and oxygen atoms in total. The van der Waals surface area contributed by atoms with Crippen LogP contribution >= 0.6 is 0 Å². The van der Waals surface area contributed by atoms with Crippen LogP contribution in [0, 0.1) is 23.8 Å². The van der Waals surface area contributed by atoms with E-state index in [4.69, 9.17) is 5.11 Å². The zero-order valence-electron chi connectivity index (χ0n) is 36.7. The van der Waals surface area contributed by atoms with E-state index in [2.05, 4.69) is 82.9 Å². The Balaban J connectivity index is 0.000000439. The third-order valence-electron chi connectivity index (χ3n) is 10.1. The molecule has 0 fully saturated rings. The highest BCUT2D eigenvalue weighted by molar-refractivity contribution is 6.08. The van der Waals surface area contributed by atoms with Crippen molar-refractivity contribution in [1.82, 2.24) is 0 Å². The van der Waals surface area contributed by atoms with Crippen LogP contribution < -0.4 is 0 Å². The Kier molecular flexibility index (Phi) is 32.0. The molecule has 3 atom stereocenters. The Labute approximate surface area is 354 Å². The van der Waals surface area contributed by atoms with Gasteiger partial charge in [0.2, 0.25) is 0 Å². The summed E-state index contributed by atoms with van der Waals surface area (Å²) in [5.74, 6) is 1.03. The van der Waals surface area contributed by atoms with Gasteiger partial charge in [-0.25, -0.2) is 4.79 Å². The normalized spacial score (nSPS) is 20.9. The SMILES string of the molecule is C=CC[C@H]1C=CC(=O)/C1=C/C=C/CCCCC.CC/C=C\C[C@H]1C=[C+]C(=O)/C1=C/C=C/CCCCC.CCCCC/C=C/C=C1/C(=O)C=C[C@@H]1C/C=C\CCCCO. The summed E-state index contributed by atoms with van der Waals surface area (Å²) in [5, 5.41) is 8.73. The monoisotopic (exact) mass is 790 g/mol. The van der Waals surface area contributed by atoms with Crippen LogP contribution in [0.1, 0.15) is 150 Å². The third kappa shape index (κ3) is 23.9. The minimum atomic E-state index is 0.0492. The molecule has 0 aliphatic heterocycles. The summed E-state index contributed by atoms with van der Waals surface area (Å²) in [6.07, 6.45) is 62.1. The molecule has 0 aromatic carbocycles. The second-order valence-electron chi connectivity index (χ2n) is 15.1. The van der Waals surface area contributed by atoms with Crippen molar-refractivity contribution in [2.75, 3.05) is 6.61 Å². The number of carbonyl (C=O) groups is 3. The van der Waals surface area contributed by atoms with Crippen molar-refractivity contribution >= 4 is 17.3 Å². The number of Topliss-reactive ketones (excluding diaryl/α,β-unsaturated/α-hetero) is 1. The van der Waals surface area contributed by atoms with Crippen LogP contribution in [-0.4, -0.2) is 29.1 Å². The van der Waals surface area contributed by atoms with Gasteiger partial charge in [-0.05, 0) is 102 Å². The van der Waals surface area contributed by atoms with Crippen molar-refractivity contribution in [2.45, 2.75) is 150 Å². The van der Waals surface area contributed by atoms with Crippen LogP contribution in [0.4, 0.5) is 0 Å². The first-order valence-corrected chi connectivity index (χ1v) is 22.6. The van der Waals surface area contributed by atoms with Crippen molar-refractivity contribution in [3.8, 4) is 0 Å². The average Bonchev–Trinajstić information content (AvgIpc) is 3.89. The number of hydrogen-bond acceptors (Lipinski definition) is 4. The molecule has 316 valence electrons. The largest absolute Gasteiger partial charge is 0.397 e. The molecule has 3 aliphatic carbocycles. The maximum absolute atomic E-state index is 11.9. The Morgan fingerprint density at radius 3 is 1.48 bits per heavy atom. The smallest absolute Gasteiger partial charge is 0.396 e. The molecule has 0 saturated heterocycles. The van der Waals surface area contributed by atoms with Crippen molar-refractivity contribution in [2.24, 2.45) is 17.8 Å². The van der Waals surface area contributed by atoms with Crippen molar-refractivity contribution < 1.29 is 19.5 Å². The predicted molar refractivity (Wildman–Crippen MR) is 249 cm³/mol. The van der Waals surface area contributed by atoms with Gasteiger partial charge in [0.1, 0.15) is 17.6 Å². The van der Waals surface area contributed by atoms with E-state index >= 15 is 0 Å². The number of unbranched alkanes of at least 4 members (excludes halogenated alkanes) is 11. The van der Waals surface area contributed by atoms with Crippen LogP contribution in [0.25, 0.3) is 0 Å². The number of ketones is 3. The predicted octanol–water partition coefficient (Wildman–Crippen LogP) is 14.3. The molecule has 3 aliphatic rings. The Hall–Kier alpha value is -4.24. The first-order valence-electron chi connectivity index (χ1n) is 22.6. The van der Waals surface area contributed by atoms with Gasteiger partial charge in [0, 0.05) is 35.7 Å². The zero-order valence-corrected chi connectivity index (χ0v) is 36.7. The fourth-order valence-electron chi connectivity index (χ4n) is 6.57. The summed E-state index contributed by atoms with van der Waals surface area (Å²) in [5.41, 5.74) is 2.69. The van der Waals surface area contributed by atoms with Crippen molar-refractivity contribution in [1.29, 1.82) is 0 Å². The van der Waals surface area contributed by atoms with Gasteiger partial charge in [-0.2, -0.15) is 0 Å². The Morgan fingerprint density at radius 2 is 1.00 bits per heavy atom.